The molecule has 1 aromatic carbocycles. The van der Waals surface area contributed by atoms with Crippen molar-refractivity contribution in [2.75, 3.05) is 13.1 Å². The largest absolute Gasteiger partial charge is 0.435 e. The number of piperidine rings is 1. The van der Waals surface area contributed by atoms with E-state index >= 15 is 0 Å². The van der Waals surface area contributed by atoms with Crippen molar-refractivity contribution in [2.24, 2.45) is 11.7 Å². The van der Waals surface area contributed by atoms with Crippen molar-refractivity contribution in [3.63, 3.8) is 0 Å². The van der Waals surface area contributed by atoms with Gasteiger partial charge >= 0.3 is 6.61 Å². The monoisotopic (exact) mass is 284 g/mol. The third-order valence-corrected chi connectivity index (χ3v) is 3.63. The normalized spacial score (nSPS) is 22.9. The third-order valence-electron chi connectivity index (χ3n) is 3.63. The quantitative estimate of drug-likeness (QED) is 0.924. The van der Waals surface area contributed by atoms with Gasteiger partial charge in [0.1, 0.15) is 5.75 Å². The molecule has 1 fully saturated rings. The van der Waals surface area contributed by atoms with Crippen LogP contribution in [-0.4, -0.2) is 36.5 Å². The second-order valence-corrected chi connectivity index (χ2v) is 5.08. The van der Waals surface area contributed by atoms with Gasteiger partial charge in [-0.2, -0.15) is 8.78 Å². The fourth-order valence-electron chi connectivity index (χ4n) is 2.25. The summed E-state index contributed by atoms with van der Waals surface area (Å²) in [5.41, 5.74) is 6.42. The van der Waals surface area contributed by atoms with Gasteiger partial charge in [0, 0.05) is 24.7 Å². The van der Waals surface area contributed by atoms with Crippen molar-refractivity contribution in [2.45, 2.75) is 26.0 Å². The number of hydrogen-bond donors (Lipinski definition) is 1. The number of likely N-dealkylation sites (tertiary alicyclic amines) is 1. The Morgan fingerprint density at radius 2 is 2.05 bits per heavy atom. The molecule has 1 saturated heterocycles. The van der Waals surface area contributed by atoms with Crippen LogP contribution in [0.5, 0.6) is 5.75 Å². The number of carbonyl (C=O) groups excluding carboxylic acids is 1. The van der Waals surface area contributed by atoms with Gasteiger partial charge in [-0.15, -0.1) is 0 Å². The SMILES string of the molecule is CC1CCN(C(=O)c2ccc(OC(F)F)cc2)CC1N. The maximum absolute atomic E-state index is 12.3. The Morgan fingerprint density at radius 3 is 2.60 bits per heavy atom. The minimum Gasteiger partial charge on any atom is -0.435 e. The molecule has 2 N–H and O–H groups in total. The molecule has 1 aromatic rings. The second-order valence-electron chi connectivity index (χ2n) is 5.08. The van der Waals surface area contributed by atoms with Crippen molar-refractivity contribution >= 4 is 5.91 Å². The van der Waals surface area contributed by atoms with Gasteiger partial charge in [0.05, 0.1) is 0 Å². The first-order chi connectivity index (χ1) is 9.47. The number of hydrogen-bond acceptors (Lipinski definition) is 3. The summed E-state index contributed by atoms with van der Waals surface area (Å²) in [6.45, 7) is 0.402. The van der Waals surface area contributed by atoms with E-state index in [0.717, 1.165) is 6.42 Å². The molecule has 1 amide bonds. The lowest BCUT2D eigenvalue weighted by Gasteiger charge is -2.35. The summed E-state index contributed by atoms with van der Waals surface area (Å²) in [6.07, 6.45) is 0.874. The van der Waals surface area contributed by atoms with Crippen LogP contribution in [0.15, 0.2) is 24.3 Å². The van der Waals surface area contributed by atoms with Crippen LogP contribution in [0.25, 0.3) is 0 Å². The lowest BCUT2D eigenvalue weighted by atomic mass is 9.94. The van der Waals surface area contributed by atoms with E-state index in [0.29, 0.717) is 24.6 Å². The van der Waals surface area contributed by atoms with E-state index in [2.05, 4.69) is 11.7 Å². The summed E-state index contributed by atoms with van der Waals surface area (Å²) in [4.78, 5) is 14.0. The number of ether oxygens (including phenoxy) is 1. The predicted molar refractivity (Wildman–Crippen MR) is 70.7 cm³/mol. The Morgan fingerprint density at radius 1 is 1.40 bits per heavy atom. The summed E-state index contributed by atoms with van der Waals surface area (Å²) in [5.74, 6) is 0.317. The fraction of sp³-hybridized carbons (Fsp3) is 0.500. The number of nitrogens with two attached hydrogens (primary N) is 1. The summed E-state index contributed by atoms with van der Waals surface area (Å²) >= 11 is 0. The number of alkyl halides is 2. The zero-order valence-electron chi connectivity index (χ0n) is 11.3. The van der Waals surface area contributed by atoms with Gasteiger partial charge in [-0.1, -0.05) is 6.92 Å². The van der Waals surface area contributed by atoms with Gasteiger partial charge < -0.3 is 15.4 Å². The highest BCUT2D eigenvalue weighted by atomic mass is 19.3. The molecule has 2 atom stereocenters. The van der Waals surface area contributed by atoms with Crippen molar-refractivity contribution < 1.29 is 18.3 Å². The molecule has 1 aliphatic rings. The molecule has 0 radical (unpaired) electrons. The molecule has 2 rings (SSSR count). The summed E-state index contributed by atoms with van der Waals surface area (Å²) in [6, 6.07) is 5.69. The number of amides is 1. The van der Waals surface area contributed by atoms with Crippen LogP contribution in [0.1, 0.15) is 23.7 Å². The van der Waals surface area contributed by atoms with E-state index in [-0.39, 0.29) is 17.7 Å². The molecule has 20 heavy (non-hydrogen) atoms. The molecular formula is C14H18F2N2O2. The fourth-order valence-corrected chi connectivity index (χ4v) is 2.25. The molecule has 1 aliphatic heterocycles. The Hall–Kier alpha value is -1.69. The standard InChI is InChI=1S/C14H18F2N2O2/c1-9-6-7-18(8-12(9)17)13(19)10-2-4-11(5-3-10)20-14(15)16/h2-5,9,12,14H,6-8,17H2,1H3. The average molecular weight is 284 g/mol. The molecule has 0 saturated carbocycles. The van der Waals surface area contributed by atoms with Gasteiger partial charge in [-0.25, -0.2) is 0 Å². The topological polar surface area (TPSA) is 55.6 Å². The number of rotatable bonds is 3. The van der Waals surface area contributed by atoms with E-state index in [4.69, 9.17) is 5.73 Å². The average Bonchev–Trinajstić information content (AvgIpc) is 2.41. The van der Waals surface area contributed by atoms with Crippen LogP contribution in [-0.2, 0) is 0 Å². The smallest absolute Gasteiger partial charge is 0.387 e. The Labute approximate surface area is 116 Å². The molecule has 0 bridgehead atoms. The highest BCUT2D eigenvalue weighted by molar-refractivity contribution is 5.94. The summed E-state index contributed by atoms with van der Waals surface area (Å²) in [7, 11) is 0. The number of benzene rings is 1. The van der Waals surface area contributed by atoms with Crippen LogP contribution in [0.2, 0.25) is 0 Å². The lowest BCUT2D eigenvalue weighted by Crippen LogP contribution is -2.49. The van der Waals surface area contributed by atoms with Crippen molar-refractivity contribution in [1.29, 1.82) is 0 Å². The minimum atomic E-state index is -2.86. The maximum Gasteiger partial charge on any atom is 0.387 e. The minimum absolute atomic E-state index is 0.0193. The van der Waals surface area contributed by atoms with Gasteiger partial charge in [-0.3, -0.25) is 4.79 Å². The van der Waals surface area contributed by atoms with E-state index < -0.39 is 6.61 Å². The van der Waals surface area contributed by atoms with Crippen molar-refractivity contribution in [3.05, 3.63) is 29.8 Å². The highest BCUT2D eigenvalue weighted by Gasteiger charge is 2.26. The maximum atomic E-state index is 12.3. The zero-order valence-corrected chi connectivity index (χ0v) is 11.3. The number of carbonyl (C=O) groups is 1. The van der Waals surface area contributed by atoms with Crippen LogP contribution < -0.4 is 10.5 Å². The first kappa shape index (κ1) is 14.7. The molecule has 6 heteroatoms. The zero-order chi connectivity index (χ0) is 14.7. The number of nitrogens with zero attached hydrogens (tertiary/aromatic N) is 1. The van der Waals surface area contributed by atoms with Gasteiger partial charge in [0.25, 0.3) is 5.91 Å². The van der Waals surface area contributed by atoms with Crippen molar-refractivity contribution in [1.82, 2.24) is 4.90 Å². The molecule has 1 heterocycles. The Balaban J connectivity index is 2.02. The number of halogens is 2. The molecule has 2 unspecified atom stereocenters. The van der Waals surface area contributed by atoms with Crippen LogP contribution in [0.3, 0.4) is 0 Å². The van der Waals surface area contributed by atoms with Gasteiger partial charge in [-0.05, 0) is 36.6 Å². The first-order valence-corrected chi connectivity index (χ1v) is 6.57. The predicted octanol–water partition coefficient (Wildman–Crippen LogP) is 2.10. The van der Waals surface area contributed by atoms with Crippen LogP contribution >= 0.6 is 0 Å². The second kappa shape index (κ2) is 6.17. The van der Waals surface area contributed by atoms with Crippen LogP contribution in [0, 0.1) is 5.92 Å². The van der Waals surface area contributed by atoms with E-state index in [1.165, 1.54) is 24.3 Å². The molecule has 0 aliphatic carbocycles. The van der Waals surface area contributed by atoms with Gasteiger partial charge in [0.2, 0.25) is 0 Å². The first-order valence-electron chi connectivity index (χ1n) is 6.57. The summed E-state index contributed by atoms with van der Waals surface area (Å²) < 4.78 is 28.3. The Kier molecular flexibility index (Phi) is 4.54. The van der Waals surface area contributed by atoms with E-state index in [9.17, 15) is 13.6 Å². The third kappa shape index (κ3) is 3.45. The van der Waals surface area contributed by atoms with E-state index in [1.54, 1.807) is 4.90 Å². The molecule has 110 valence electrons. The lowest BCUT2D eigenvalue weighted by molar-refractivity contribution is -0.0498. The molecule has 0 aromatic heterocycles. The van der Waals surface area contributed by atoms with Gasteiger partial charge in [0.15, 0.2) is 0 Å². The molecular weight excluding hydrogens is 266 g/mol. The molecule has 0 spiro atoms. The molecule has 4 nitrogen and oxygen atoms in total. The Bertz CT molecular complexity index is 465. The highest BCUT2D eigenvalue weighted by Crippen LogP contribution is 2.20. The van der Waals surface area contributed by atoms with E-state index in [1.807, 2.05) is 0 Å². The van der Waals surface area contributed by atoms with Crippen LogP contribution in [0.4, 0.5) is 8.78 Å². The summed E-state index contributed by atoms with van der Waals surface area (Å²) in [5, 5.41) is 0. The van der Waals surface area contributed by atoms with Crippen molar-refractivity contribution in [3.8, 4) is 5.75 Å².